The number of hydrogen-bond acceptors (Lipinski definition) is 3. The molecule has 0 aromatic heterocycles. The molecule has 46 heavy (non-hydrogen) atoms. The maximum absolute atomic E-state index is 12.6. The van der Waals surface area contributed by atoms with E-state index in [0.29, 0.717) is 6.42 Å². The number of allylic oxidation sites excluding steroid dienone is 2. The number of aliphatic carboxylic acids is 1. The Hall–Kier alpha value is -1.32. The summed E-state index contributed by atoms with van der Waals surface area (Å²) in [4.78, 5) is 23.4. The lowest BCUT2D eigenvalue weighted by Crippen LogP contribution is -2.18. The molecular weight excluding hydrogens is 568 g/mol. The molecule has 0 rings (SSSR count). The molecule has 0 spiro atoms. The minimum Gasteiger partial charge on any atom is -0.481 e. The molecule has 272 valence electrons. The second-order valence-corrected chi connectivity index (χ2v) is 14.2. The smallest absolute Gasteiger partial charge is 0.306 e. The molecule has 1 atom stereocenters. The molecule has 0 saturated heterocycles. The summed E-state index contributed by atoms with van der Waals surface area (Å²) in [6.07, 6.45) is 46.6. The predicted octanol–water partition coefficient (Wildman–Crippen LogP) is 14.2. The van der Waals surface area contributed by atoms with E-state index >= 15 is 0 Å². The summed E-state index contributed by atoms with van der Waals surface area (Å²) in [6, 6.07) is 0. The fourth-order valence-corrected chi connectivity index (χ4v) is 6.42. The van der Waals surface area contributed by atoms with Crippen LogP contribution in [0.3, 0.4) is 0 Å². The Balaban J connectivity index is 3.87. The number of carbonyl (C=O) groups is 2. The van der Waals surface area contributed by atoms with Gasteiger partial charge in [0.1, 0.15) is 6.10 Å². The first-order chi connectivity index (χ1) is 22.6. The predicted molar refractivity (Wildman–Crippen MR) is 200 cm³/mol. The number of carboxylic acid groups (broad SMARTS) is 1. The van der Waals surface area contributed by atoms with Crippen molar-refractivity contribution in [3.05, 3.63) is 12.2 Å². The average Bonchev–Trinajstić information content (AvgIpc) is 3.04. The van der Waals surface area contributed by atoms with Gasteiger partial charge in [0.2, 0.25) is 0 Å². The summed E-state index contributed by atoms with van der Waals surface area (Å²) >= 11 is 0. The van der Waals surface area contributed by atoms with Crippen molar-refractivity contribution in [2.24, 2.45) is 0 Å². The van der Waals surface area contributed by atoms with Gasteiger partial charge in [0.25, 0.3) is 0 Å². The second kappa shape index (κ2) is 38.1. The zero-order valence-corrected chi connectivity index (χ0v) is 31.2. The molecule has 0 bridgehead atoms. The standard InChI is InChI=1S/C42H80O4/c1-3-5-7-9-11-13-15-16-17-18-19-20-21-22-23-25-27-29-35-39-42(45)46-40(37-33-30-31-34-38-41(43)44)36-32-28-26-24-14-12-10-8-6-4-2/h16-17,40H,3-15,18-39H2,1-2H3,(H,43,44)/b17-16-. The Morgan fingerprint density at radius 2 is 0.783 bits per heavy atom. The van der Waals surface area contributed by atoms with Crippen LogP contribution in [-0.2, 0) is 14.3 Å². The van der Waals surface area contributed by atoms with Gasteiger partial charge in [-0.05, 0) is 64.2 Å². The number of hydrogen-bond donors (Lipinski definition) is 1. The lowest BCUT2D eigenvalue weighted by Gasteiger charge is -2.18. The zero-order valence-electron chi connectivity index (χ0n) is 31.2. The Morgan fingerprint density at radius 3 is 1.17 bits per heavy atom. The van der Waals surface area contributed by atoms with Gasteiger partial charge in [-0.25, -0.2) is 0 Å². The summed E-state index contributed by atoms with van der Waals surface area (Å²) in [6.45, 7) is 4.55. The summed E-state index contributed by atoms with van der Waals surface area (Å²) < 4.78 is 5.98. The molecule has 0 aliphatic heterocycles. The minimum atomic E-state index is -0.708. The van der Waals surface area contributed by atoms with Gasteiger partial charge < -0.3 is 9.84 Å². The first-order valence-electron chi connectivity index (χ1n) is 20.7. The number of carboxylic acids is 1. The third-order valence-corrected chi connectivity index (χ3v) is 9.49. The highest BCUT2D eigenvalue weighted by Gasteiger charge is 2.14. The fourth-order valence-electron chi connectivity index (χ4n) is 6.42. The van der Waals surface area contributed by atoms with E-state index in [0.717, 1.165) is 57.8 Å². The van der Waals surface area contributed by atoms with E-state index < -0.39 is 5.97 Å². The van der Waals surface area contributed by atoms with Gasteiger partial charge in [-0.3, -0.25) is 9.59 Å². The van der Waals surface area contributed by atoms with Gasteiger partial charge in [-0.2, -0.15) is 0 Å². The van der Waals surface area contributed by atoms with E-state index in [1.807, 2.05) is 0 Å². The number of unbranched alkanes of at least 4 members (excludes halogenated alkanes) is 27. The Labute approximate surface area is 287 Å². The van der Waals surface area contributed by atoms with Gasteiger partial charge >= 0.3 is 11.9 Å². The minimum absolute atomic E-state index is 0.0102. The largest absolute Gasteiger partial charge is 0.481 e. The van der Waals surface area contributed by atoms with Gasteiger partial charge in [-0.15, -0.1) is 0 Å². The van der Waals surface area contributed by atoms with E-state index in [1.54, 1.807) is 0 Å². The van der Waals surface area contributed by atoms with Crippen LogP contribution in [0.1, 0.15) is 239 Å². The monoisotopic (exact) mass is 649 g/mol. The van der Waals surface area contributed by atoms with Crippen molar-refractivity contribution >= 4 is 11.9 Å². The lowest BCUT2D eigenvalue weighted by atomic mass is 10.0. The molecule has 0 saturated carbocycles. The molecule has 0 aliphatic rings. The lowest BCUT2D eigenvalue weighted by molar-refractivity contribution is -0.150. The Bertz CT molecular complexity index is 658. The first-order valence-corrected chi connectivity index (χ1v) is 20.7. The number of rotatable bonds is 38. The number of carbonyl (C=O) groups excluding carboxylic acids is 1. The van der Waals surface area contributed by atoms with Crippen LogP contribution in [0.4, 0.5) is 0 Å². The normalized spacial score (nSPS) is 12.2. The van der Waals surface area contributed by atoms with Gasteiger partial charge in [0.05, 0.1) is 0 Å². The van der Waals surface area contributed by atoms with Gasteiger partial charge in [0.15, 0.2) is 0 Å². The molecule has 1 unspecified atom stereocenters. The Kier molecular flexibility index (Phi) is 37.0. The van der Waals surface area contributed by atoms with Crippen LogP contribution in [-0.4, -0.2) is 23.1 Å². The molecule has 0 fully saturated rings. The van der Waals surface area contributed by atoms with Crippen molar-refractivity contribution in [1.82, 2.24) is 0 Å². The zero-order chi connectivity index (χ0) is 33.6. The molecule has 4 heteroatoms. The van der Waals surface area contributed by atoms with E-state index in [9.17, 15) is 9.59 Å². The first kappa shape index (κ1) is 44.7. The average molecular weight is 649 g/mol. The topological polar surface area (TPSA) is 63.6 Å². The van der Waals surface area contributed by atoms with E-state index in [-0.39, 0.29) is 18.5 Å². The van der Waals surface area contributed by atoms with E-state index in [4.69, 9.17) is 9.84 Å². The summed E-state index contributed by atoms with van der Waals surface area (Å²) in [5, 5.41) is 8.85. The Morgan fingerprint density at radius 1 is 0.457 bits per heavy atom. The molecule has 0 aliphatic carbocycles. The van der Waals surface area contributed by atoms with Crippen LogP contribution in [0.25, 0.3) is 0 Å². The summed E-state index contributed by atoms with van der Waals surface area (Å²) in [5.41, 5.74) is 0. The molecule has 4 nitrogen and oxygen atoms in total. The highest BCUT2D eigenvalue weighted by Crippen LogP contribution is 2.19. The third-order valence-electron chi connectivity index (χ3n) is 9.49. The number of ether oxygens (including phenoxy) is 1. The summed E-state index contributed by atoms with van der Waals surface area (Å²) in [7, 11) is 0. The third kappa shape index (κ3) is 37.1. The highest BCUT2D eigenvalue weighted by molar-refractivity contribution is 5.69. The van der Waals surface area contributed by atoms with Gasteiger partial charge in [0, 0.05) is 12.8 Å². The van der Waals surface area contributed by atoms with Crippen molar-refractivity contribution in [3.8, 4) is 0 Å². The SMILES string of the molecule is CCCCCCCC/C=C\CCCCCCCCCCCC(=O)OC(CCCCCCCCCCCC)CCCCCCC(=O)O. The van der Waals surface area contributed by atoms with Crippen LogP contribution < -0.4 is 0 Å². The van der Waals surface area contributed by atoms with Crippen LogP contribution in [0, 0.1) is 0 Å². The maximum atomic E-state index is 12.6. The van der Waals surface area contributed by atoms with Crippen molar-refractivity contribution in [2.75, 3.05) is 0 Å². The van der Waals surface area contributed by atoms with E-state index in [1.165, 1.54) is 154 Å². The van der Waals surface area contributed by atoms with Crippen LogP contribution in [0.2, 0.25) is 0 Å². The molecule has 0 aromatic rings. The quantitative estimate of drug-likeness (QED) is 0.0411. The molecular formula is C42H80O4. The van der Waals surface area contributed by atoms with Gasteiger partial charge in [-0.1, -0.05) is 174 Å². The molecule has 0 aromatic carbocycles. The van der Waals surface area contributed by atoms with Crippen LogP contribution in [0.5, 0.6) is 0 Å². The molecule has 0 amide bonds. The van der Waals surface area contributed by atoms with Crippen LogP contribution in [0.15, 0.2) is 12.2 Å². The van der Waals surface area contributed by atoms with E-state index in [2.05, 4.69) is 26.0 Å². The number of esters is 1. The van der Waals surface area contributed by atoms with Crippen molar-refractivity contribution in [3.63, 3.8) is 0 Å². The highest BCUT2D eigenvalue weighted by atomic mass is 16.5. The maximum Gasteiger partial charge on any atom is 0.306 e. The van der Waals surface area contributed by atoms with Crippen molar-refractivity contribution in [2.45, 2.75) is 245 Å². The molecule has 0 heterocycles. The van der Waals surface area contributed by atoms with Crippen molar-refractivity contribution < 1.29 is 19.4 Å². The summed E-state index contributed by atoms with van der Waals surface area (Å²) in [5.74, 6) is -0.718. The molecule has 0 radical (unpaired) electrons. The molecule has 1 N–H and O–H groups in total. The fraction of sp³-hybridized carbons (Fsp3) is 0.905. The van der Waals surface area contributed by atoms with Crippen molar-refractivity contribution in [1.29, 1.82) is 0 Å². The second-order valence-electron chi connectivity index (χ2n) is 14.2. The van der Waals surface area contributed by atoms with Crippen LogP contribution >= 0.6 is 0 Å².